The van der Waals surface area contributed by atoms with Crippen LogP contribution in [0.5, 0.6) is 0 Å². The highest BCUT2D eigenvalue weighted by Crippen LogP contribution is 2.29. The Morgan fingerprint density at radius 1 is 1.38 bits per heavy atom. The summed E-state index contributed by atoms with van der Waals surface area (Å²) in [5.74, 6) is 0. The number of thiazole rings is 1. The molecule has 0 unspecified atom stereocenters. The Bertz CT molecular complexity index is 535. The Balaban J connectivity index is 2.54. The molecular formula is C9H9Cl2N3OS. The summed E-state index contributed by atoms with van der Waals surface area (Å²) in [7, 11) is 0. The van der Waals surface area contributed by atoms with Gasteiger partial charge in [0.25, 0.3) is 0 Å². The van der Waals surface area contributed by atoms with Gasteiger partial charge in [-0.3, -0.25) is 0 Å². The first-order chi connectivity index (χ1) is 7.54. The summed E-state index contributed by atoms with van der Waals surface area (Å²) in [5.41, 5.74) is 1.56. The molecule has 4 nitrogen and oxygen atoms in total. The molecule has 0 spiro atoms. The van der Waals surface area contributed by atoms with E-state index in [2.05, 4.69) is 10.1 Å². The van der Waals surface area contributed by atoms with Crippen LogP contribution in [-0.4, -0.2) is 19.9 Å². The van der Waals surface area contributed by atoms with Crippen molar-refractivity contribution < 1.29 is 5.11 Å². The first-order valence-electron chi connectivity index (χ1n) is 4.52. The van der Waals surface area contributed by atoms with Crippen molar-refractivity contribution in [3.05, 3.63) is 26.4 Å². The van der Waals surface area contributed by atoms with Crippen molar-refractivity contribution >= 4 is 34.5 Å². The van der Waals surface area contributed by atoms with Crippen LogP contribution in [-0.2, 0) is 6.61 Å². The summed E-state index contributed by atoms with van der Waals surface area (Å²) in [5, 5.41) is 14.8. The van der Waals surface area contributed by atoms with E-state index in [4.69, 9.17) is 28.3 Å². The largest absolute Gasteiger partial charge is 0.391 e. The molecule has 0 aliphatic carbocycles. The van der Waals surface area contributed by atoms with Crippen LogP contribution in [0.15, 0.2) is 0 Å². The van der Waals surface area contributed by atoms with Gasteiger partial charge in [-0.05, 0) is 13.8 Å². The standard InChI is InChI=1S/C9H9Cl2N3OS/c1-4-7(10)5(2)14(13-4)9-12-8(11)6(3-15)16-9/h15H,3H2,1-2H3. The number of nitrogens with zero attached hydrogens (tertiary/aromatic N) is 3. The number of hydrogen-bond donors (Lipinski definition) is 1. The molecule has 0 aliphatic rings. The third kappa shape index (κ3) is 1.84. The Morgan fingerprint density at radius 2 is 2.06 bits per heavy atom. The van der Waals surface area contributed by atoms with Gasteiger partial charge < -0.3 is 5.11 Å². The Morgan fingerprint density at radius 3 is 2.50 bits per heavy atom. The van der Waals surface area contributed by atoms with Gasteiger partial charge in [0.2, 0.25) is 5.13 Å². The van der Waals surface area contributed by atoms with Crippen LogP contribution in [0.25, 0.3) is 5.13 Å². The topological polar surface area (TPSA) is 50.9 Å². The van der Waals surface area contributed by atoms with Crippen LogP contribution in [0.3, 0.4) is 0 Å². The average Bonchev–Trinajstić information content (AvgIpc) is 2.74. The molecule has 86 valence electrons. The minimum Gasteiger partial charge on any atom is -0.391 e. The van der Waals surface area contributed by atoms with E-state index in [0.717, 1.165) is 11.4 Å². The highest BCUT2D eigenvalue weighted by Gasteiger charge is 2.15. The number of rotatable bonds is 2. The first kappa shape index (κ1) is 11.9. The lowest BCUT2D eigenvalue weighted by molar-refractivity contribution is 0.285. The van der Waals surface area contributed by atoms with Gasteiger partial charge in [-0.2, -0.15) is 5.10 Å². The molecule has 2 aromatic rings. The van der Waals surface area contributed by atoms with Gasteiger partial charge in [0.15, 0.2) is 0 Å². The van der Waals surface area contributed by atoms with E-state index in [1.54, 1.807) is 4.68 Å². The van der Waals surface area contributed by atoms with Crippen LogP contribution in [0, 0.1) is 13.8 Å². The minimum absolute atomic E-state index is 0.121. The lowest BCUT2D eigenvalue weighted by Crippen LogP contribution is -1.97. The summed E-state index contributed by atoms with van der Waals surface area (Å²) in [6, 6.07) is 0. The second-order valence-electron chi connectivity index (χ2n) is 3.27. The van der Waals surface area contributed by atoms with Crippen LogP contribution in [0.2, 0.25) is 10.2 Å². The third-order valence-electron chi connectivity index (χ3n) is 2.17. The summed E-state index contributed by atoms with van der Waals surface area (Å²) in [6.45, 7) is 3.56. The molecule has 0 bridgehead atoms. The molecule has 0 fully saturated rings. The molecular weight excluding hydrogens is 269 g/mol. The van der Waals surface area contributed by atoms with Gasteiger partial charge in [-0.25, -0.2) is 9.67 Å². The van der Waals surface area contributed by atoms with Crippen molar-refractivity contribution in [2.24, 2.45) is 0 Å². The zero-order chi connectivity index (χ0) is 11.9. The number of aliphatic hydroxyl groups is 1. The maximum Gasteiger partial charge on any atom is 0.212 e. The van der Waals surface area contributed by atoms with Gasteiger partial charge in [-0.15, -0.1) is 0 Å². The SMILES string of the molecule is Cc1nn(-c2nc(Cl)c(CO)s2)c(C)c1Cl. The first-order valence-corrected chi connectivity index (χ1v) is 6.10. The molecule has 0 radical (unpaired) electrons. The maximum absolute atomic E-state index is 9.04. The highest BCUT2D eigenvalue weighted by molar-refractivity contribution is 7.14. The number of hydrogen-bond acceptors (Lipinski definition) is 4. The monoisotopic (exact) mass is 277 g/mol. The number of aromatic nitrogens is 3. The molecule has 7 heteroatoms. The molecule has 2 heterocycles. The van der Waals surface area contributed by atoms with Gasteiger partial charge >= 0.3 is 0 Å². The van der Waals surface area contributed by atoms with E-state index < -0.39 is 0 Å². The summed E-state index contributed by atoms with van der Waals surface area (Å²) in [4.78, 5) is 4.76. The van der Waals surface area contributed by atoms with E-state index >= 15 is 0 Å². The fraction of sp³-hybridized carbons (Fsp3) is 0.333. The molecule has 0 aromatic carbocycles. The summed E-state index contributed by atoms with van der Waals surface area (Å²) >= 11 is 13.2. The Labute approximate surface area is 106 Å². The predicted molar refractivity (Wildman–Crippen MR) is 64.7 cm³/mol. The van der Waals surface area contributed by atoms with Crippen LogP contribution < -0.4 is 0 Å². The zero-order valence-electron chi connectivity index (χ0n) is 8.66. The van der Waals surface area contributed by atoms with Crippen molar-refractivity contribution in [2.75, 3.05) is 0 Å². The minimum atomic E-state index is -0.121. The molecule has 0 atom stereocenters. The zero-order valence-corrected chi connectivity index (χ0v) is 11.0. The van der Waals surface area contributed by atoms with E-state index in [1.807, 2.05) is 13.8 Å². The van der Waals surface area contributed by atoms with Crippen molar-refractivity contribution in [1.82, 2.24) is 14.8 Å². The highest BCUT2D eigenvalue weighted by atomic mass is 35.5. The second-order valence-corrected chi connectivity index (χ2v) is 5.06. The summed E-state index contributed by atoms with van der Waals surface area (Å²) < 4.78 is 1.63. The van der Waals surface area contributed by atoms with Gasteiger partial charge in [0, 0.05) is 0 Å². The predicted octanol–water partition coefficient (Wildman–Crippen LogP) is 2.74. The lowest BCUT2D eigenvalue weighted by Gasteiger charge is -1.97. The van der Waals surface area contributed by atoms with E-state index in [9.17, 15) is 0 Å². The molecule has 0 aliphatic heterocycles. The van der Waals surface area contributed by atoms with E-state index in [0.29, 0.717) is 20.2 Å². The third-order valence-corrected chi connectivity index (χ3v) is 4.15. The van der Waals surface area contributed by atoms with Crippen molar-refractivity contribution in [3.63, 3.8) is 0 Å². The van der Waals surface area contributed by atoms with Crippen molar-refractivity contribution in [3.8, 4) is 5.13 Å². The van der Waals surface area contributed by atoms with Crippen LogP contribution in [0.1, 0.15) is 16.3 Å². The molecule has 1 N–H and O–H groups in total. The summed E-state index contributed by atoms with van der Waals surface area (Å²) in [6.07, 6.45) is 0. The fourth-order valence-corrected chi connectivity index (χ4v) is 2.56. The maximum atomic E-state index is 9.04. The molecule has 0 saturated heterocycles. The van der Waals surface area contributed by atoms with E-state index in [-0.39, 0.29) is 6.61 Å². The molecule has 2 rings (SSSR count). The quantitative estimate of drug-likeness (QED) is 0.919. The van der Waals surface area contributed by atoms with Crippen molar-refractivity contribution in [1.29, 1.82) is 0 Å². The average molecular weight is 278 g/mol. The van der Waals surface area contributed by atoms with Crippen molar-refractivity contribution in [2.45, 2.75) is 20.5 Å². The number of aliphatic hydroxyl groups excluding tert-OH is 1. The van der Waals surface area contributed by atoms with Gasteiger partial charge in [0.05, 0.1) is 27.9 Å². The molecule has 2 aromatic heterocycles. The number of halogens is 2. The van der Waals surface area contributed by atoms with E-state index in [1.165, 1.54) is 11.3 Å². The number of aryl methyl sites for hydroxylation is 1. The lowest BCUT2D eigenvalue weighted by atomic mass is 10.4. The normalized spacial score (nSPS) is 11.1. The van der Waals surface area contributed by atoms with Crippen LogP contribution >= 0.6 is 34.5 Å². The van der Waals surface area contributed by atoms with Gasteiger partial charge in [0.1, 0.15) is 5.15 Å². The molecule has 0 saturated carbocycles. The second kappa shape index (κ2) is 4.33. The Kier molecular flexibility index (Phi) is 3.21. The Hall–Kier alpha value is -0.620. The van der Waals surface area contributed by atoms with Crippen LogP contribution in [0.4, 0.5) is 0 Å². The molecule has 0 amide bonds. The molecule has 16 heavy (non-hydrogen) atoms. The van der Waals surface area contributed by atoms with Gasteiger partial charge in [-0.1, -0.05) is 34.5 Å². The fourth-order valence-electron chi connectivity index (χ4n) is 1.32. The smallest absolute Gasteiger partial charge is 0.212 e.